The third-order valence-electron chi connectivity index (χ3n) is 5.29. The Bertz CT molecular complexity index is 892. The van der Waals surface area contributed by atoms with Gasteiger partial charge in [0, 0.05) is 37.9 Å². The number of rotatable bonds is 6. The predicted octanol–water partition coefficient (Wildman–Crippen LogP) is 3.78. The number of benzene rings is 2. The molecule has 0 saturated heterocycles. The summed E-state index contributed by atoms with van der Waals surface area (Å²) in [5.41, 5.74) is 4.70. The molecule has 1 aliphatic heterocycles. The van der Waals surface area contributed by atoms with Gasteiger partial charge in [0.1, 0.15) is 0 Å². The molecule has 0 radical (unpaired) electrons. The second kappa shape index (κ2) is 8.74. The summed E-state index contributed by atoms with van der Waals surface area (Å²) in [5.74, 6) is 0.243. The van der Waals surface area contributed by atoms with Gasteiger partial charge in [-0.1, -0.05) is 48.5 Å². The van der Waals surface area contributed by atoms with Crippen molar-refractivity contribution in [2.45, 2.75) is 32.4 Å². The molecule has 1 aliphatic rings. The molecule has 1 N–H and O–H groups in total. The molecule has 0 atom stereocenters. The maximum absolute atomic E-state index is 12.9. The molecule has 2 aromatic carbocycles. The summed E-state index contributed by atoms with van der Waals surface area (Å²) >= 11 is 0. The van der Waals surface area contributed by atoms with E-state index in [1.54, 1.807) is 6.33 Å². The van der Waals surface area contributed by atoms with Crippen LogP contribution in [-0.4, -0.2) is 33.9 Å². The molecule has 0 aliphatic carbocycles. The van der Waals surface area contributed by atoms with Crippen LogP contribution in [0, 0.1) is 0 Å². The molecular formula is C23H26N4O. The summed E-state index contributed by atoms with van der Waals surface area (Å²) in [6, 6.07) is 18.8. The van der Waals surface area contributed by atoms with E-state index >= 15 is 0 Å². The van der Waals surface area contributed by atoms with Gasteiger partial charge < -0.3 is 14.8 Å². The number of para-hydroxylation sites is 1. The van der Waals surface area contributed by atoms with Crippen molar-refractivity contribution in [2.24, 2.45) is 0 Å². The maximum atomic E-state index is 12.9. The Morgan fingerprint density at radius 1 is 1.04 bits per heavy atom. The van der Waals surface area contributed by atoms with Gasteiger partial charge in [0.2, 0.25) is 5.91 Å². The Morgan fingerprint density at radius 3 is 2.68 bits per heavy atom. The number of anilines is 1. The molecule has 2 heterocycles. The van der Waals surface area contributed by atoms with Gasteiger partial charge in [-0.25, -0.2) is 4.98 Å². The lowest BCUT2D eigenvalue weighted by Crippen LogP contribution is -2.35. The van der Waals surface area contributed by atoms with Gasteiger partial charge in [0.25, 0.3) is 0 Å². The number of imidazole rings is 1. The van der Waals surface area contributed by atoms with Crippen LogP contribution in [0.25, 0.3) is 0 Å². The largest absolute Gasteiger partial charge is 0.364 e. The maximum Gasteiger partial charge on any atom is 0.222 e. The van der Waals surface area contributed by atoms with E-state index in [9.17, 15) is 4.79 Å². The summed E-state index contributed by atoms with van der Waals surface area (Å²) in [6.07, 6.45) is 6.07. The van der Waals surface area contributed by atoms with Crippen LogP contribution in [0.15, 0.2) is 67.1 Å². The van der Waals surface area contributed by atoms with E-state index in [1.807, 2.05) is 17.2 Å². The Balaban J connectivity index is 1.40. The summed E-state index contributed by atoms with van der Waals surface area (Å²) in [6.45, 7) is 2.98. The average Bonchev–Trinajstić information content (AvgIpc) is 3.17. The lowest BCUT2D eigenvalue weighted by molar-refractivity contribution is -0.131. The first-order valence-corrected chi connectivity index (χ1v) is 9.92. The third kappa shape index (κ3) is 4.42. The fourth-order valence-corrected chi connectivity index (χ4v) is 3.80. The van der Waals surface area contributed by atoms with Crippen molar-refractivity contribution >= 4 is 11.6 Å². The molecule has 0 fully saturated rings. The minimum Gasteiger partial charge on any atom is -0.364 e. The summed E-state index contributed by atoms with van der Waals surface area (Å²) in [5, 5.41) is 0. The quantitative estimate of drug-likeness (QED) is 0.714. The number of carbonyl (C=O) groups excluding carboxylic acids is 1. The lowest BCUT2D eigenvalue weighted by atomic mass is 10.1. The number of hydrogen-bond acceptors (Lipinski definition) is 3. The minimum atomic E-state index is 0.243. The molecule has 144 valence electrons. The zero-order valence-electron chi connectivity index (χ0n) is 16.1. The van der Waals surface area contributed by atoms with Gasteiger partial charge in [0.05, 0.1) is 18.6 Å². The van der Waals surface area contributed by atoms with Gasteiger partial charge in [-0.2, -0.15) is 0 Å². The number of aromatic amines is 1. The fourth-order valence-electron chi connectivity index (χ4n) is 3.80. The number of H-pyrrole nitrogens is 1. The Labute approximate surface area is 166 Å². The molecule has 0 unspecified atom stereocenters. The third-order valence-corrected chi connectivity index (χ3v) is 5.29. The van der Waals surface area contributed by atoms with Crippen molar-refractivity contribution in [3.05, 3.63) is 83.9 Å². The van der Waals surface area contributed by atoms with Crippen LogP contribution >= 0.6 is 0 Å². The Hall–Kier alpha value is -3.08. The number of amides is 1. The van der Waals surface area contributed by atoms with Crippen LogP contribution in [0.1, 0.15) is 29.7 Å². The summed E-state index contributed by atoms with van der Waals surface area (Å²) < 4.78 is 0. The van der Waals surface area contributed by atoms with Gasteiger partial charge in [-0.3, -0.25) is 4.79 Å². The zero-order valence-corrected chi connectivity index (χ0v) is 16.1. The number of aryl methyl sites for hydroxylation is 1. The fraction of sp³-hybridized carbons (Fsp3) is 0.304. The molecule has 0 saturated carbocycles. The van der Waals surface area contributed by atoms with Crippen molar-refractivity contribution < 1.29 is 4.79 Å². The normalized spacial score (nSPS) is 13.9. The predicted molar refractivity (Wildman–Crippen MR) is 111 cm³/mol. The summed E-state index contributed by atoms with van der Waals surface area (Å²) in [7, 11) is 0. The molecule has 5 heteroatoms. The Kier molecular flexibility index (Phi) is 5.71. The molecule has 1 aromatic heterocycles. The number of hydrogen-bond donors (Lipinski definition) is 1. The first-order chi connectivity index (χ1) is 13.8. The number of aromatic nitrogens is 2. The van der Waals surface area contributed by atoms with E-state index in [0.29, 0.717) is 13.0 Å². The van der Waals surface area contributed by atoms with Crippen LogP contribution in [0.3, 0.4) is 0 Å². The zero-order chi connectivity index (χ0) is 19.2. The highest BCUT2D eigenvalue weighted by molar-refractivity contribution is 5.77. The van der Waals surface area contributed by atoms with Gasteiger partial charge in [-0.15, -0.1) is 0 Å². The van der Waals surface area contributed by atoms with Gasteiger partial charge in [-0.05, 0) is 30.0 Å². The molecular weight excluding hydrogens is 348 g/mol. The molecule has 0 bridgehead atoms. The summed E-state index contributed by atoms with van der Waals surface area (Å²) in [4.78, 5) is 24.6. The smallest absolute Gasteiger partial charge is 0.222 e. The van der Waals surface area contributed by atoms with E-state index in [2.05, 4.69) is 63.4 Å². The molecule has 28 heavy (non-hydrogen) atoms. The number of fused-ring (bicyclic) bond motifs is 1. The number of nitrogens with zero attached hydrogens (tertiary/aromatic N) is 3. The van der Waals surface area contributed by atoms with Crippen molar-refractivity contribution in [3.8, 4) is 0 Å². The van der Waals surface area contributed by atoms with Crippen LogP contribution in [0.5, 0.6) is 0 Å². The van der Waals surface area contributed by atoms with E-state index in [1.165, 1.54) is 16.8 Å². The van der Waals surface area contributed by atoms with E-state index in [4.69, 9.17) is 0 Å². The monoisotopic (exact) mass is 374 g/mol. The Morgan fingerprint density at radius 2 is 1.86 bits per heavy atom. The molecule has 1 amide bonds. The van der Waals surface area contributed by atoms with Crippen LogP contribution < -0.4 is 4.90 Å². The van der Waals surface area contributed by atoms with Crippen LogP contribution in [0.4, 0.5) is 5.69 Å². The highest BCUT2D eigenvalue weighted by Crippen LogP contribution is 2.26. The minimum absolute atomic E-state index is 0.243. The van der Waals surface area contributed by atoms with Crippen molar-refractivity contribution in [1.82, 2.24) is 14.9 Å². The van der Waals surface area contributed by atoms with E-state index in [-0.39, 0.29) is 5.91 Å². The van der Waals surface area contributed by atoms with E-state index < -0.39 is 0 Å². The van der Waals surface area contributed by atoms with Crippen molar-refractivity contribution in [1.29, 1.82) is 0 Å². The molecule has 0 spiro atoms. The number of nitrogens with one attached hydrogen (secondary N) is 1. The van der Waals surface area contributed by atoms with Gasteiger partial charge >= 0.3 is 0 Å². The van der Waals surface area contributed by atoms with Crippen LogP contribution in [-0.2, 0) is 24.3 Å². The van der Waals surface area contributed by atoms with E-state index in [0.717, 1.165) is 38.2 Å². The highest BCUT2D eigenvalue weighted by Gasteiger charge is 2.22. The molecule has 4 rings (SSSR count). The second-order valence-electron chi connectivity index (χ2n) is 7.27. The average molecular weight is 374 g/mol. The standard InChI is InChI=1S/C23H26N4O/c28-23(12-6-9-19-7-2-1-3-8-19)27-14-13-26(17-21-15-24-18-25-21)22-11-5-4-10-20(22)16-27/h1-5,7-8,10-11,15,18H,6,9,12-14,16-17H2,(H,24,25). The first kappa shape index (κ1) is 18.3. The van der Waals surface area contributed by atoms with Crippen molar-refractivity contribution in [2.75, 3.05) is 18.0 Å². The highest BCUT2D eigenvalue weighted by atomic mass is 16.2. The van der Waals surface area contributed by atoms with Gasteiger partial charge in [0.15, 0.2) is 0 Å². The van der Waals surface area contributed by atoms with Crippen molar-refractivity contribution in [3.63, 3.8) is 0 Å². The lowest BCUT2D eigenvalue weighted by Gasteiger charge is -2.24. The second-order valence-corrected chi connectivity index (χ2v) is 7.27. The number of carbonyl (C=O) groups is 1. The van der Waals surface area contributed by atoms with Crippen LogP contribution in [0.2, 0.25) is 0 Å². The molecule has 3 aromatic rings. The topological polar surface area (TPSA) is 52.2 Å². The first-order valence-electron chi connectivity index (χ1n) is 9.92. The SMILES string of the molecule is O=C(CCCc1ccccc1)N1CCN(Cc2c[nH]cn2)c2ccccc2C1. The molecule has 5 nitrogen and oxygen atoms in total.